The van der Waals surface area contributed by atoms with Crippen LogP contribution in [-0.4, -0.2) is 15.8 Å². The van der Waals surface area contributed by atoms with Crippen molar-refractivity contribution >= 4 is 48.9 Å². The number of fused-ring (bicyclic) bond motifs is 4. The molecule has 234 valence electrons. The Labute approximate surface area is 293 Å². The summed E-state index contributed by atoms with van der Waals surface area (Å²) >= 11 is 0. The van der Waals surface area contributed by atoms with Crippen molar-refractivity contribution < 1.29 is 30.0 Å². The standard InChI is InChI=1S/2C19H12N.C5H8O2.Ir/c2*1-3-9-16-14(6-1)8-5-11-18(16)19-17-10-4-2-7-15(17)12-13-20-19;1-4(6)3-5(2)7;/h2*1-10,12-13H;3,6H,1-2H3;/q2*-1;;+3/p-1/b;;4-3-;. The molecule has 0 amide bonds. The number of nitrogens with zero attached hydrogens (tertiary/aromatic N) is 2. The first-order chi connectivity index (χ1) is 23.0. The van der Waals surface area contributed by atoms with Gasteiger partial charge in [-0.1, -0.05) is 115 Å². The molecule has 2 aromatic heterocycles. The molecule has 8 aromatic rings. The average Bonchev–Trinajstić information content (AvgIpc) is 3.11. The van der Waals surface area contributed by atoms with Crippen LogP contribution in [-0.2, 0) is 24.9 Å². The molecule has 0 spiro atoms. The summed E-state index contributed by atoms with van der Waals surface area (Å²) in [6, 6.07) is 52.4. The maximum atomic E-state index is 9.98. The van der Waals surface area contributed by atoms with Crippen molar-refractivity contribution in [3.8, 4) is 22.5 Å². The van der Waals surface area contributed by atoms with Gasteiger partial charge in [-0.25, -0.2) is 0 Å². The minimum absolute atomic E-state index is 0. The molecule has 4 nitrogen and oxygen atoms in total. The third-order valence-corrected chi connectivity index (χ3v) is 7.67. The van der Waals surface area contributed by atoms with Gasteiger partial charge in [-0.05, 0) is 58.1 Å². The average molecular weight is 800 g/mol. The van der Waals surface area contributed by atoms with Gasteiger partial charge in [0.05, 0.1) is 0 Å². The van der Waals surface area contributed by atoms with Gasteiger partial charge in [0.2, 0.25) is 0 Å². The molecule has 0 atom stereocenters. The van der Waals surface area contributed by atoms with Crippen molar-refractivity contribution in [1.29, 1.82) is 0 Å². The van der Waals surface area contributed by atoms with E-state index < -0.39 is 0 Å². The van der Waals surface area contributed by atoms with Gasteiger partial charge in [0.1, 0.15) is 0 Å². The fourth-order valence-corrected chi connectivity index (χ4v) is 5.64. The molecular weight excluding hydrogens is 769 g/mol. The van der Waals surface area contributed by atoms with E-state index in [4.69, 9.17) is 0 Å². The van der Waals surface area contributed by atoms with E-state index in [1.165, 1.54) is 56.9 Å². The molecule has 6 aromatic carbocycles. The Morgan fingerprint density at radius 3 is 1.25 bits per heavy atom. The summed E-state index contributed by atoms with van der Waals surface area (Å²) in [5.41, 5.74) is 4.14. The maximum absolute atomic E-state index is 9.98. The Hall–Kier alpha value is -5.48. The number of hydrogen-bond donors (Lipinski definition) is 0. The topological polar surface area (TPSA) is 65.9 Å². The van der Waals surface area contributed by atoms with Crippen LogP contribution < -0.4 is 5.11 Å². The molecule has 0 saturated carbocycles. The van der Waals surface area contributed by atoms with Crippen molar-refractivity contribution in [2.45, 2.75) is 13.8 Å². The minimum atomic E-state index is -0.187. The van der Waals surface area contributed by atoms with Crippen LogP contribution in [0.4, 0.5) is 0 Å². The van der Waals surface area contributed by atoms with Gasteiger partial charge >= 0.3 is 20.1 Å². The normalized spacial score (nSPS) is 10.8. The Balaban J connectivity index is 0.000000155. The summed E-state index contributed by atoms with van der Waals surface area (Å²) < 4.78 is 0. The summed E-state index contributed by atoms with van der Waals surface area (Å²) in [6.07, 6.45) is 4.79. The molecule has 8 rings (SSSR count). The SMILES string of the molecule is CC(=O)/C=C(/C)[O-].[Ir+3].[c-]1ccc2ccccc2c1-c1nccc2ccccc12.[c-]1ccc2ccccc2c1-c1nccc2ccccc12. The number of hydrogen-bond acceptors (Lipinski definition) is 4. The molecule has 0 radical (unpaired) electrons. The largest absolute Gasteiger partial charge is 3.00 e. The van der Waals surface area contributed by atoms with Gasteiger partial charge in [-0.3, -0.25) is 4.79 Å². The van der Waals surface area contributed by atoms with Crippen molar-refractivity contribution in [3.63, 3.8) is 0 Å². The van der Waals surface area contributed by atoms with E-state index in [1.54, 1.807) is 0 Å². The van der Waals surface area contributed by atoms with Gasteiger partial charge in [0.25, 0.3) is 0 Å². The van der Waals surface area contributed by atoms with Crippen LogP contribution >= 0.6 is 0 Å². The van der Waals surface area contributed by atoms with Crippen LogP contribution in [0.3, 0.4) is 0 Å². The van der Waals surface area contributed by atoms with Crippen molar-refractivity contribution in [2.24, 2.45) is 0 Å². The summed E-state index contributed by atoms with van der Waals surface area (Å²) in [6.45, 7) is 2.70. The fraction of sp³-hybridized carbons (Fsp3) is 0.0465. The Morgan fingerprint density at radius 1 is 0.542 bits per heavy atom. The van der Waals surface area contributed by atoms with Crippen molar-refractivity contribution in [2.75, 3.05) is 0 Å². The van der Waals surface area contributed by atoms with Crippen LogP contribution in [0, 0.1) is 12.1 Å². The molecule has 0 N–H and O–H groups in total. The van der Waals surface area contributed by atoms with E-state index in [9.17, 15) is 9.90 Å². The van der Waals surface area contributed by atoms with Crippen molar-refractivity contribution in [3.05, 3.63) is 170 Å². The summed E-state index contributed by atoms with van der Waals surface area (Å²) in [4.78, 5) is 19.2. The predicted molar refractivity (Wildman–Crippen MR) is 191 cm³/mol. The van der Waals surface area contributed by atoms with E-state index in [0.717, 1.165) is 28.6 Å². The molecule has 2 heterocycles. The van der Waals surface area contributed by atoms with E-state index in [-0.39, 0.29) is 31.6 Å². The van der Waals surface area contributed by atoms with Gasteiger partial charge in [-0.2, -0.15) is 0 Å². The molecular formula is C43H31IrN2O2. The van der Waals surface area contributed by atoms with E-state index in [2.05, 4.69) is 131 Å². The number of benzene rings is 6. The quantitative estimate of drug-likeness (QED) is 0.102. The number of carbonyl (C=O) groups is 1. The zero-order chi connectivity index (χ0) is 32.6. The number of pyridine rings is 2. The van der Waals surface area contributed by atoms with Gasteiger partial charge in [0, 0.05) is 12.4 Å². The van der Waals surface area contributed by atoms with Crippen molar-refractivity contribution in [1.82, 2.24) is 9.97 Å². The van der Waals surface area contributed by atoms with Crippen LogP contribution in [0.2, 0.25) is 0 Å². The predicted octanol–water partition coefficient (Wildman–Crippen LogP) is 9.55. The monoisotopic (exact) mass is 800 g/mol. The summed E-state index contributed by atoms with van der Waals surface area (Å²) in [5.74, 6) is -0.375. The zero-order valence-electron chi connectivity index (χ0n) is 26.5. The molecule has 0 bridgehead atoms. The van der Waals surface area contributed by atoms with Gasteiger partial charge < -0.3 is 15.1 Å². The maximum Gasteiger partial charge on any atom is 3.00 e. The molecule has 5 heteroatoms. The van der Waals surface area contributed by atoms with Gasteiger partial charge in [0.15, 0.2) is 5.78 Å². The van der Waals surface area contributed by atoms with Gasteiger partial charge in [-0.15, -0.1) is 64.1 Å². The van der Waals surface area contributed by atoms with E-state index >= 15 is 0 Å². The van der Waals surface area contributed by atoms with E-state index in [1.807, 2.05) is 36.7 Å². The first-order valence-electron chi connectivity index (χ1n) is 15.3. The molecule has 0 aliphatic rings. The number of rotatable bonds is 3. The van der Waals surface area contributed by atoms with Crippen LogP contribution in [0.1, 0.15) is 13.8 Å². The Kier molecular flexibility index (Phi) is 11.2. The first kappa shape index (κ1) is 33.9. The molecule has 0 aliphatic heterocycles. The number of allylic oxidation sites excluding steroid dienone is 2. The second-order valence-electron chi connectivity index (χ2n) is 11.0. The number of ketones is 1. The molecule has 0 unspecified atom stereocenters. The fourth-order valence-electron chi connectivity index (χ4n) is 5.64. The third-order valence-electron chi connectivity index (χ3n) is 7.67. The third kappa shape index (κ3) is 7.72. The Morgan fingerprint density at radius 2 is 0.896 bits per heavy atom. The summed E-state index contributed by atoms with van der Waals surface area (Å²) in [7, 11) is 0. The smallest absolute Gasteiger partial charge is 0.876 e. The molecule has 0 aliphatic carbocycles. The molecule has 0 saturated heterocycles. The second-order valence-corrected chi connectivity index (χ2v) is 11.0. The van der Waals surface area contributed by atoms with Crippen LogP contribution in [0.25, 0.3) is 65.6 Å². The second kappa shape index (κ2) is 15.9. The van der Waals surface area contributed by atoms with E-state index in [0.29, 0.717) is 0 Å². The zero-order valence-corrected chi connectivity index (χ0v) is 28.9. The Bertz CT molecular complexity index is 2050. The summed E-state index contributed by atoms with van der Waals surface area (Å²) in [5, 5.41) is 19.6. The first-order valence-corrected chi connectivity index (χ1v) is 15.3. The molecule has 48 heavy (non-hydrogen) atoms. The molecule has 0 fully saturated rings. The number of carbonyl (C=O) groups excluding carboxylic acids is 1. The van der Waals surface area contributed by atoms with Crippen LogP contribution in [0.15, 0.2) is 158 Å². The minimum Gasteiger partial charge on any atom is -0.876 e. The number of aromatic nitrogens is 2. The van der Waals surface area contributed by atoms with Crippen LogP contribution in [0.5, 0.6) is 0 Å².